The van der Waals surface area contributed by atoms with Crippen molar-refractivity contribution in [2.45, 2.75) is 25.3 Å². The highest BCUT2D eigenvalue weighted by Gasteiger charge is 2.25. The lowest BCUT2D eigenvalue weighted by Crippen LogP contribution is -2.46. The van der Waals surface area contributed by atoms with Crippen LogP contribution >= 0.6 is 0 Å². The van der Waals surface area contributed by atoms with E-state index in [4.69, 9.17) is 5.11 Å². The highest BCUT2D eigenvalue weighted by atomic mass is 16.3. The first-order chi connectivity index (χ1) is 7.29. The van der Waals surface area contributed by atoms with Crippen molar-refractivity contribution in [2.24, 2.45) is 0 Å². The van der Waals surface area contributed by atoms with Crippen LogP contribution in [0.5, 0.6) is 0 Å². The van der Waals surface area contributed by atoms with E-state index in [2.05, 4.69) is 11.9 Å². The molecule has 0 spiro atoms. The predicted octanol–water partition coefficient (Wildman–Crippen LogP) is 0.135. The first-order valence-electron chi connectivity index (χ1n) is 5.53. The lowest BCUT2D eigenvalue weighted by Gasteiger charge is -2.27. The van der Waals surface area contributed by atoms with Crippen molar-refractivity contribution in [2.75, 3.05) is 26.2 Å². The monoisotopic (exact) mass is 212 g/mol. The van der Waals surface area contributed by atoms with Crippen LogP contribution in [0.2, 0.25) is 0 Å². The topological polar surface area (TPSA) is 52.6 Å². The Morgan fingerprint density at radius 1 is 1.60 bits per heavy atom. The van der Waals surface area contributed by atoms with Crippen molar-refractivity contribution in [3.63, 3.8) is 0 Å². The number of aliphatic hydroxyl groups is 1. The summed E-state index contributed by atoms with van der Waals surface area (Å²) in [6.45, 7) is 5.71. The molecule has 0 aliphatic carbocycles. The first-order valence-corrected chi connectivity index (χ1v) is 5.53. The van der Waals surface area contributed by atoms with Gasteiger partial charge in [0.25, 0.3) is 0 Å². The molecule has 4 nitrogen and oxygen atoms in total. The van der Waals surface area contributed by atoms with Gasteiger partial charge in [-0.2, -0.15) is 0 Å². The molecule has 2 N–H and O–H groups in total. The predicted molar refractivity (Wildman–Crippen MR) is 59.5 cm³/mol. The van der Waals surface area contributed by atoms with E-state index in [0.717, 1.165) is 25.8 Å². The Balaban J connectivity index is 2.60. The first kappa shape index (κ1) is 12.2. The van der Waals surface area contributed by atoms with E-state index in [-0.39, 0.29) is 18.6 Å². The summed E-state index contributed by atoms with van der Waals surface area (Å²) in [5, 5.41) is 11.8. The molecule has 15 heavy (non-hydrogen) atoms. The highest BCUT2D eigenvalue weighted by molar-refractivity contribution is 5.81. The normalized spacial score (nSPS) is 22.3. The van der Waals surface area contributed by atoms with Gasteiger partial charge in [0.15, 0.2) is 0 Å². The number of hydrogen-bond acceptors (Lipinski definition) is 3. The Morgan fingerprint density at radius 3 is 3.07 bits per heavy atom. The average Bonchev–Trinajstić information content (AvgIpc) is 2.43. The van der Waals surface area contributed by atoms with Crippen molar-refractivity contribution < 1.29 is 9.90 Å². The molecule has 1 aliphatic heterocycles. The van der Waals surface area contributed by atoms with Crippen molar-refractivity contribution in [3.05, 3.63) is 12.7 Å². The summed E-state index contributed by atoms with van der Waals surface area (Å²) in [6, 6.07) is -0.0994. The zero-order chi connectivity index (χ0) is 11.1. The minimum Gasteiger partial charge on any atom is -0.395 e. The summed E-state index contributed by atoms with van der Waals surface area (Å²) in [4.78, 5) is 13.7. The molecule has 1 saturated heterocycles. The fraction of sp³-hybridized carbons (Fsp3) is 0.727. The van der Waals surface area contributed by atoms with E-state index >= 15 is 0 Å². The maximum Gasteiger partial charge on any atom is 0.237 e. The third-order valence-corrected chi connectivity index (χ3v) is 2.70. The molecule has 1 amide bonds. The fourth-order valence-electron chi connectivity index (χ4n) is 1.94. The molecule has 1 rings (SSSR count). The molecule has 1 atom stereocenters. The zero-order valence-corrected chi connectivity index (χ0v) is 9.11. The van der Waals surface area contributed by atoms with Crippen LogP contribution in [0.1, 0.15) is 19.3 Å². The van der Waals surface area contributed by atoms with Crippen molar-refractivity contribution >= 4 is 5.91 Å². The number of carbonyl (C=O) groups is 1. The second-order valence-electron chi connectivity index (χ2n) is 3.81. The summed E-state index contributed by atoms with van der Waals surface area (Å²) >= 11 is 0. The molecule has 1 unspecified atom stereocenters. The number of nitrogens with zero attached hydrogens (tertiary/aromatic N) is 1. The number of aliphatic hydroxyl groups excluding tert-OH is 1. The largest absolute Gasteiger partial charge is 0.395 e. The highest BCUT2D eigenvalue weighted by Crippen LogP contribution is 2.12. The van der Waals surface area contributed by atoms with E-state index in [1.807, 2.05) is 4.90 Å². The van der Waals surface area contributed by atoms with Gasteiger partial charge in [0, 0.05) is 19.6 Å². The van der Waals surface area contributed by atoms with Crippen LogP contribution in [0, 0.1) is 0 Å². The lowest BCUT2D eigenvalue weighted by atomic mass is 10.1. The number of amides is 1. The molecule has 0 bridgehead atoms. The minimum absolute atomic E-state index is 0.0810. The molecular formula is C11H20N2O2. The van der Waals surface area contributed by atoms with Gasteiger partial charge in [-0.25, -0.2) is 0 Å². The van der Waals surface area contributed by atoms with E-state index in [9.17, 15) is 4.79 Å². The summed E-state index contributed by atoms with van der Waals surface area (Å²) in [6.07, 6.45) is 4.75. The molecule has 1 fully saturated rings. The second kappa shape index (κ2) is 6.58. The molecule has 0 aromatic carbocycles. The number of carbonyl (C=O) groups excluding carboxylic acids is 1. The summed E-state index contributed by atoms with van der Waals surface area (Å²) < 4.78 is 0. The summed E-state index contributed by atoms with van der Waals surface area (Å²) in [5.41, 5.74) is 0. The van der Waals surface area contributed by atoms with Gasteiger partial charge in [-0.15, -0.1) is 6.58 Å². The van der Waals surface area contributed by atoms with Crippen molar-refractivity contribution in [1.82, 2.24) is 10.2 Å². The number of nitrogens with one attached hydrogen (secondary N) is 1. The second-order valence-corrected chi connectivity index (χ2v) is 3.81. The van der Waals surface area contributed by atoms with Gasteiger partial charge >= 0.3 is 0 Å². The molecule has 4 heteroatoms. The Labute approximate surface area is 91.0 Å². The SMILES string of the molecule is C=CCN(CCO)C1CCCCNC1=O. The average molecular weight is 212 g/mol. The van der Waals surface area contributed by atoms with E-state index in [0.29, 0.717) is 13.1 Å². The van der Waals surface area contributed by atoms with E-state index in [1.54, 1.807) is 6.08 Å². The Hall–Kier alpha value is -0.870. The Kier molecular flexibility index (Phi) is 5.36. The third kappa shape index (κ3) is 3.64. The number of rotatable bonds is 5. The van der Waals surface area contributed by atoms with Crippen molar-refractivity contribution in [1.29, 1.82) is 0 Å². The molecular weight excluding hydrogens is 192 g/mol. The maximum atomic E-state index is 11.7. The molecule has 0 radical (unpaired) electrons. The molecule has 86 valence electrons. The summed E-state index contributed by atoms with van der Waals surface area (Å²) in [5.74, 6) is 0.0859. The molecule has 0 saturated carbocycles. The quantitative estimate of drug-likeness (QED) is 0.637. The van der Waals surface area contributed by atoms with Gasteiger partial charge in [0.05, 0.1) is 12.6 Å². The van der Waals surface area contributed by atoms with Crippen LogP contribution in [0.3, 0.4) is 0 Å². The van der Waals surface area contributed by atoms with Gasteiger partial charge in [0.1, 0.15) is 0 Å². The van der Waals surface area contributed by atoms with Crippen LogP contribution in [-0.2, 0) is 4.79 Å². The zero-order valence-electron chi connectivity index (χ0n) is 9.11. The molecule has 1 aliphatic rings. The van der Waals surface area contributed by atoms with E-state index < -0.39 is 0 Å². The molecule has 0 aromatic rings. The third-order valence-electron chi connectivity index (χ3n) is 2.70. The lowest BCUT2D eigenvalue weighted by molar-refractivity contribution is -0.126. The van der Waals surface area contributed by atoms with Crippen LogP contribution in [0.4, 0.5) is 0 Å². The van der Waals surface area contributed by atoms with Crippen LogP contribution in [0.25, 0.3) is 0 Å². The number of hydrogen-bond donors (Lipinski definition) is 2. The van der Waals surface area contributed by atoms with Gasteiger partial charge in [-0.3, -0.25) is 9.69 Å². The van der Waals surface area contributed by atoms with Gasteiger partial charge < -0.3 is 10.4 Å². The van der Waals surface area contributed by atoms with Gasteiger partial charge in [-0.05, 0) is 19.3 Å². The van der Waals surface area contributed by atoms with Gasteiger partial charge in [-0.1, -0.05) is 6.08 Å². The van der Waals surface area contributed by atoms with Gasteiger partial charge in [0.2, 0.25) is 5.91 Å². The summed E-state index contributed by atoms with van der Waals surface area (Å²) in [7, 11) is 0. The molecule has 1 heterocycles. The fourth-order valence-corrected chi connectivity index (χ4v) is 1.94. The van der Waals surface area contributed by atoms with E-state index in [1.165, 1.54) is 0 Å². The Morgan fingerprint density at radius 2 is 2.40 bits per heavy atom. The Bertz CT molecular complexity index is 219. The van der Waals surface area contributed by atoms with Crippen molar-refractivity contribution in [3.8, 4) is 0 Å². The maximum absolute atomic E-state index is 11.7. The standard InChI is InChI=1S/C11H20N2O2/c1-2-7-13(8-9-14)10-5-3-4-6-12-11(10)15/h2,10,14H,1,3-9H2,(H,12,15). The smallest absolute Gasteiger partial charge is 0.237 e. The van der Waals surface area contributed by atoms with Crippen LogP contribution in [0.15, 0.2) is 12.7 Å². The van der Waals surface area contributed by atoms with Crippen LogP contribution < -0.4 is 5.32 Å². The van der Waals surface area contributed by atoms with Crippen LogP contribution in [-0.4, -0.2) is 48.2 Å². The minimum atomic E-state index is -0.0994. The molecule has 0 aromatic heterocycles.